The second-order valence-corrected chi connectivity index (χ2v) is 5.65. The zero-order valence-electron chi connectivity index (χ0n) is 12.9. The smallest absolute Gasteiger partial charge is 0.233 e. The van der Waals surface area contributed by atoms with Crippen molar-refractivity contribution in [3.8, 4) is 0 Å². The van der Waals surface area contributed by atoms with Crippen molar-refractivity contribution in [2.75, 3.05) is 33.2 Å². The summed E-state index contributed by atoms with van der Waals surface area (Å²) in [6.45, 7) is 7.04. The third-order valence-electron chi connectivity index (χ3n) is 3.50. The number of carbonyl (C=O) groups is 2. The molecule has 0 aromatic carbocycles. The summed E-state index contributed by atoms with van der Waals surface area (Å²) in [5, 5.41) is 8.94. The summed E-state index contributed by atoms with van der Waals surface area (Å²) < 4.78 is 0. The number of nitrogens with zero attached hydrogens (tertiary/aromatic N) is 1. The van der Waals surface area contributed by atoms with Crippen LogP contribution in [0.4, 0.5) is 0 Å². The summed E-state index contributed by atoms with van der Waals surface area (Å²) in [5.74, 6) is 0.162. The van der Waals surface area contributed by atoms with Crippen LogP contribution in [-0.4, -0.2) is 62.0 Å². The van der Waals surface area contributed by atoms with Gasteiger partial charge in [-0.05, 0) is 12.8 Å². The number of nitrogens with one attached hydrogen (secondary N) is 3. The minimum absolute atomic E-state index is 0.0484. The maximum Gasteiger partial charge on any atom is 0.233 e. The molecule has 20 heavy (non-hydrogen) atoms. The Morgan fingerprint density at radius 1 is 1.20 bits per heavy atom. The minimum atomic E-state index is 0.0484. The lowest BCUT2D eigenvalue weighted by atomic mass is 10.0. The minimum Gasteiger partial charge on any atom is -0.358 e. The maximum atomic E-state index is 11.8. The van der Waals surface area contributed by atoms with Crippen LogP contribution in [0.2, 0.25) is 0 Å². The Labute approximate surface area is 121 Å². The van der Waals surface area contributed by atoms with E-state index < -0.39 is 0 Å². The zero-order valence-corrected chi connectivity index (χ0v) is 12.9. The van der Waals surface area contributed by atoms with E-state index in [1.807, 2.05) is 0 Å². The molecule has 1 heterocycles. The third-order valence-corrected chi connectivity index (χ3v) is 3.50. The summed E-state index contributed by atoms with van der Waals surface area (Å²) in [6, 6.07) is 0.665. The summed E-state index contributed by atoms with van der Waals surface area (Å²) in [5.41, 5.74) is 0. The Balaban J connectivity index is 2.15. The monoisotopic (exact) mass is 284 g/mol. The van der Waals surface area contributed by atoms with Gasteiger partial charge in [0.2, 0.25) is 11.8 Å². The van der Waals surface area contributed by atoms with Gasteiger partial charge in [-0.2, -0.15) is 0 Å². The highest BCUT2D eigenvalue weighted by Crippen LogP contribution is 2.09. The number of likely N-dealkylation sites (N-methyl/N-ethyl adjacent to an activating group) is 1. The van der Waals surface area contributed by atoms with Crippen molar-refractivity contribution in [3.05, 3.63) is 0 Å². The molecule has 1 aliphatic heterocycles. The number of rotatable bonds is 7. The first-order valence-corrected chi connectivity index (χ1v) is 7.47. The van der Waals surface area contributed by atoms with Gasteiger partial charge in [-0.15, -0.1) is 0 Å². The van der Waals surface area contributed by atoms with Crippen molar-refractivity contribution in [3.63, 3.8) is 0 Å². The molecule has 6 heteroatoms. The Kier molecular flexibility index (Phi) is 7.54. The van der Waals surface area contributed by atoms with Gasteiger partial charge in [-0.25, -0.2) is 0 Å². The number of hydrogen-bond donors (Lipinski definition) is 3. The molecule has 0 aliphatic carbocycles. The molecule has 0 aromatic heterocycles. The molecular formula is C14H28N4O2. The van der Waals surface area contributed by atoms with Crippen LogP contribution in [-0.2, 0) is 9.59 Å². The fraction of sp³-hybridized carbons (Fsp3) is 0.857. The van der Waals surface area contributed by atoms with Crippen molar-refractivity contribution >= 4 is 11.8 Å². The van der Waals surface area contributed by atoms with E-state index in [-0.39, 0.29) is 17.9 Å². The van der Waals surface area contributed by atoms with Gasteiger partial charge >= 0.3 is 0 Å². The van der Waals surface area contributed by atoms with Crippen molar-refractivity contribution in [1.82, 2.24) is 20.9 Å². The molecule has 0 atom stereocenters. The molecule has 3 N–H and O–H groups in total. The zero-order chi connectivity index (χ0) is 15.0. The van der Waals surface area contributed by atoms with Crippen LogP contribution in [0.3, 0.4) is 0 Å². The SMILES string of the molecule is CNC(=O)CN1CCC(NC(=O)CCNC(C)C)CC1. The fourth-order valence-electron chi connectivity index (χ4n) is 2.29. The lowest BCUT2D eigenvalue weighted by molar-refractivity contribution is -0.124. The average Bonchev–Trinajstić information content (AvgIpc) is 2.40. The topological polar surface area (TPSA) is 73.5 Å². The number of hydrogen-bond acceptors (Lipinski definition) is 4. The van der Waals surface area contributed by atoms with Gasteiger partial charge in [-0.1, -0.05) is 13.8 Å². The summed E-state index contributed by atoms with van der Waals surface area (Å²) in [4.78, 5) is 25.2. The molecule has 1 fully saturated rings. The Morgan fingerprint density at radius 2 is 1.85 bits per heavy atom. The van der Waals surface area contributed by atoms with Crippen LogP contribution in [0.5, 0.6) is 0 Å². The van der Waals surface area contributed by atoms with Crippen LogP contribution >= 0.6 is 0 Å². The molecule has 1 rings (SSSR count). The van der Waals surface area contributed by atoms with Crippen LogP contribution in [0, 0.1) is 0 Å². The first-order valence-electron chi connectivity index (χ1n) is 7.47. The van der Waals surface area contributed by atoms with Crippen molar-refractivity contribution < 1.29 is 9.59 Å². The van der Waals surface area contributed by atoms with E-state index in [4.69, 9.17) is 0 Å². The van der Waals surface area contributed by atoms with Crippen LogP contribution < -0.4 is 16.0 Å². The predicted octanol–water partition coefficient (Wildman–Crippen LogP) is -0.299. The molecule has 1 aliphatic rings. The Morgan fingerprint density at radius 3 is 2.40 bits per heavy atom. The fourth-order valence-corrected chi connectivity index (χ4v) is 2.29. The van der Waals surface area contributed by atoms with Crippen LogP contribution in [0.15, 0.2) is 0 Å². The van der Waals surface area contributed by atoms with Gasteiger partial charge < -0.3 is 16.0 Å². The first kappa shape index (κ1) is 16.9. The van der Waals surface area contributed by atoms with E-state index in [1.165, 1.54) is 0 Å². The summed E-state index contributed by atoms with van der Waals surface area (Å²) in [6.07, 6.45) is 2.36. The molecule has 1 saturated heterocycles. The molecule has 0 saturated carbocycles. The number of likely N-dealkylation sites (tertiary alicyclic amines) is 1. The quantitative estimate of drug-likeness (QED) is 0.600. The molecule has 0 aromatic rings. The summed E-state index contributed by atoms with van der Waals surface area (Å²) >= 11 is 0. The van der Waals surface area contributed by atoms with Gasteiger partial charge in [0.05, 0.1) is 6.54 Å². The number of piperidine rings is 1. The molecule has 0 unspecified atom stereocenters. The lowest BCUT2D eigenvalue weighted by Crippen LogP contribution is -2.47. The number of carbonyl (C=O) groups excluding carboxylic acids is 2. The van der Waals surface area contributed by atoms with E-state index in [9.17, 15) is 9.59 Å². The molecule has 0 spiro atoms. The van der Waals surface area contributed by atoms with Gasteiger partial charge in [0.1, 0.15) is 0 Å². The lowest BCUT2D eigenvalue weighted by Gasteiger charge is -2.31. The van der Waals surface area contributed by atoms with E-state index in [0.29, 0.717) is 19.0 Å². The first-order chi connectivity index (χ1) is 9.51. The predicted molar refractivity (Wildman–Crippen MR) is 79.4 cm³/mol. The maximum absolute atomic E-state index is 11.8. The van der Waals surface area contributed by atoms with Crippen molar-refractivity contribution in [2.24, 2.45) is 0 Å². The summed E-state index contributed by atoms with van der Waals surface area (Å²) in [7, 11) is 1.65. The molecular weight excluding hydrogens is 256 g/mol. The highest BCUT2D eigenvalue weighted by atomic mass is 16.2. The largest absolute Gasteiger partial charge is 0.358 e. The second kappa shape index (κ2) is 8.92. The number of amides is 2. The normalized spacial score (nSPS) is 17.2. The van der Waals surface area contributed by atoms with Gasteiger partial charge in [0, 0.05) is 45.2 Å². The van der Waals surface area contributed by atoms with E-state index >= 15 is 0 Å². The molecule has 0 bridgehead atoms. The standard InChI is InChI=1S/C14H28N4O2/c1-11(2)16-7-4-13(19)17-12-5-8-18(9-6-12)10-14(20)15-3/h11-12,16H,4-10H2,1-3H3,(H,15,20)(H,17,19). The highest BCUT2D eigenvalue weighted by molar-refractivity contribution is 5.77. The molecule has 0 radical (unpaired) electrons. The molecule has 6 nitrogen and oxygen atoms in total. The third kappa shape index (κ3) is 6.86. The molecule has 116 valence electrons. The van der Waals surface area contributed by atoms with E-state index in [1.54, 1.807) is 7.05 Å². The van der Waals surface area contributed by atoms with Crippen molar-refractivity contribution in [1.29, 1.82) is 0 Å². The van der Waals surface area contributed by atoms with Gasteiger partial charge in [0.15, 0.2) is 0 Å². The Bertz CT molecular complexity index is 312. The van der Waals surface area contributed by atoms with E-state index in [2.05, 4.69) is 34.7 Å². The van der Waals surface area contributed by atoms with Crippen molar-refractivity contribution in [2.45, 2.75) is 45.2 Å². The van der Waals surface area contributed by atoms with Crippen LogP contribution in [0.25, 0.3) is 0 Å². The highest BCUT2D eigenvalue weighted by Gasteiger charge is 2.21. The van der Waals surface area contributed by atoms with Gasteiger partial charge in [-0.3, -0.25) is 14.5 Å². The molecule has 2 amide bonds. The second-order valence-electron chi connectivity index (χ2n) is 5.65. The van der Waals surface area contributed by atoms with Crippen LogP contribution in [0.1, 0.15) is 33.1 Å². The Hall–Kier alpha value is -1.14. The average molecular weight is 284 g/mol. The van der Waals surface area contributed by atoms with Gasteiger partial charge in [0.25, 0.3) is 0 Å². The van der Waals surface area contributed by atoms with E-state index in [0.717, 1.165) is 32.5 Å².